The summed E-state index contributed by atoms with van der Waals surface area (Å²) in [7, 11) is 1.93. The van der Waals surface area contributed by atoms with E-state index in [1.165, 1.54) is 5.69 Å². The highest BCUT2D eigenvalue weighted by molar-refractivity contribution is 6.29. The van der Waals surface area contributed by atoms with Crippen LogP contribution in [0, 0.1) is 0 Å². The summed E-state index contributed by atoms with van der Waals surface area (Å²) in [6, 6.07) is 5.77. The monoisotopic (exact) mass is 265 g/mol. The average Bonchev–Trinajstić information content (AvgIpc) is 2.78. The fourth-order valence-electron chi connectivity index (χ4n) is 1.88. The van der Waals surface area contributed by atoms with Crippen LogP contribution in [0.5, 0.6) is 0 Å². The molecule has 0 amide bonds. The number of hydrogen-bond acceptors (Lipinski definition) is 4. The molecule has 2 heterocycles. The van der Waals surface area contributed by atoms with Crippen LogP contribution in [-0.2, 0) is 13.5 Å². The fourth-order valence-corrected chi connectivity index (χ4v) is 1.99. The molecule has 96 valence electrons. The molecule has 6 heteroatoms. The number of halogens is 1. The third-order valence-corrected chi connectivity index (χ3v) is 3.19. The molecule has 0 aliphatic carbocycles. The fraction of sp³-hybridized carbons (Fsp3) is 0.333. The van der Waals surface area contributed by atoms with E-state index in [0.717, 1.165) is 18.4 Å². The van der Waals surface area contributed by atoms with Crippen LogP contribution in [0.1, 0.15) is 23.7 Å². The number of nitrogens with two attached hydrogens (primary N) is 1. The Balaban J connectivity index is 2.01. The van der Waals surface area contributed by atoms with Crippen molar-refractivity contribution >= 4 is 11.6 Å². The van der Waals surface area contributed by atoms with E-state index in [1.807, 2.05) is 23.9 Å². The minimum Gasteiger partial charge on any atom is -0.273 e. The standard InChI is InChI=1S/C12H16ClN5/c1-18-10(6-7-16-18)3-4-11(17-14)9-2-5-12(13)15-8-9/h2,5-8,11,17H,3-4,14H2,1H3. The molecule has 0 saturated carbocycles. The number of pyridine rings is 1. The highest BCUT2D eigenvalue weighted by Crippen LogP contribution is 2.18. The zero-order valence-corrected chi connectivity index (χ0v) is 10.9. The molecule has 3 N–H and O–H groups in total. The zero-order valence-electron chi connectivity index (χ0n) is 10.2. The Kier molecular flexibility index (Phi) is 4.30. The largest absolute Gasteiger partial charge is 0.273 e. The molecule has 18 heavy (non-hydrogen) atoms. The molecule has 1 atom stereocenters. The topological polar surface area (TPSA) is 68.8 Å². The maximum Gasteiger partial charge on any atom is 0.129 e. The van der Waals surface area contributed by atoms with E-state index in [0.29, 0.717) is 5.15 Å². The van der Waals surface area contributed by atoms with Gasteiger partial charge in [-0.25, -0.2) is 4.98 Å². The van der Waals surface area contributed by atoms with Crippen molar-refractivity contribution in [2.24, 2.45) is 12.9 Å². The third kappa shape index (κ3) is 3.07. The van der Waals surface area contributed by atoms with E-state index in [4.69, 9.17) is 17.4 Å². The molecule has 0 spiro atoms. The van der Waals surface area contributed by atoms with Gasteiger partial charge in [-0.2, -0.15) is 5.10 Å². The molecule has 0 radical (unpaired) electrons. The predicted molar refractivity (Wildman–Crippen MR) is 70.8 cm³/mol. The van der Waals surface area contributed by atoms with Crippen molar-refractivity contribution in [2.45, 2.75) is 18.9 Å². The molecule has 0 fully saturated rings. The van der Waals surface area contributed by atoms with E-state index in [-0.39, 0.29) is 6.04 Å². The Morgan fingerprint density at radius 1 is 1.44 bits per heavy atom. The van der Waals surface area contributed by atoms with Gasteiger partial charge in [0.2, 0.25) is 0 Å². The molecular weight excluding hydrogens is 250 g/mol. The van der Waals surface area contributed by atoms with Gasteiger partial charge in [-0.3, -0.25) is 16.0 Å². The van der Waals surface area contributed by atoms with Crippen LogP contribution < -0.4 is 11.3 Å². The summed E-state index contributed by atoms with van der Waals surface area (Å²) in [4.78, 5) is 4.06. The lowest BCUT2D eigenvalue weighted by Gasteiger charge is -2.15. The number of hydrogen-bond donors (Lipinski definition) is 2. The number of nitrogens with one attached hydrogen (secondary N) is 1. The van der Waals surface area contributed by atoms with Gasteiger partial charge >= 0.3 is 0 Å². The summed E-state index contributed by atoms with van der Waals surface area (Å²) in [5, 5.41) is 4.63. The maximum absolute atomic E-state index is 5.76. The molecule has 5 nitrogen and oxygen atoms in total. The van der Waals surface area contributed by atoms with Crippen LogP contribution >= 0.6 is 11.6 Å². The summed E-state index contributed by atoms with van der Waals surface area (Å²) < 4.78 is 1.87. The van der Waals surface area contributed by atoms with E-state index in [9.17, 15) is 0 Å². The van der Waals surface area contributed by atoms with Gasteiger partial charge < -0.3 is 0 Å². The van der Waals surface area contributed by atoms with Crippen LogP contribution in [-0.4, -0.2) is 14.8 Å². The molecule has 0 aromatic carbocycles. The van der Waals surface area contributed by atoms with Gasteiger partial charge in [0.1, 0.15) is 5.15 Å². The maximum atomic E-state index is 5.76. The molecule has 2 aromatic rings. The van der Waals surface area contributed by atoms with Crippen LogP contribution in [0.3, 0.4) is 0 Å². The van der Waals surface area contributed by atoms with Gasteiger partial charge in [-0.05, 0) is 30.5 Å². The lowest BCUT2D eigenvalue weighted by Crippen LogP contribution is -2.28. The van der Waals surface area contributed by atoms with Gasteiger partial charge in [-0.1, -0.05) is 17.7 Å². The summed E-state index contributed by atoms with van der Waals surface area (Å²) in [6.07, 6.45) is 5.31. The lowest BCUT2D eigenvalue weighted by atomic mass is 10.0. The number of nitrogens with zero attached hydrogens (tertiary/aromatic N) is 3. The second-order valence-corrected chi connectivity index (χ2v) is 4.51. The predicted octanol–water partition coefficient (Wildman–Crippen LogP) is 1.61. The minimum absolute atomic E-state index is 0.0599. The quantitative estimate of drug-likeness (QED) is 0.490. The van der Waals surface area contributed by atoms with Crippen LogP contribution in [0.4, 0.5) is 0 Å². The summed E-state index contributed by atoms with van der Waals surface area (Å²) in [5.41, 5.74) is 5.02. The number of aryl methyl sites for hydroxylation is 2. The lowest BCUT2D eigenvalue weighted by molar-refractivity contribution is 0.505. The highest BCUT2D eigenvalue weighted by atomic mass is 35.5. The van der Waals surface area contributed by atoms with Gasteiger partial charge in [0.15, 0.2) is 0 Å². The van der Waals surface area contributed by atoms with Crippen molar-refractivity contribution in [3.8, 4) is 0 Å². The van der Waals surface area contributed by atoms with Crippen molar-refractivity contribution in [1.29, 1.82) is 0 Å². The van der Waals surface area contributed by atoms with Gasteiger partial charge in [0.05, 0.1) is 0 Å². The Morgan fingerprint density at radius 2 is 2.28 bits per heavy atom. The molecule has 2 aromatic heterocycles. The molecular formula is C12H16ClN5. The third-order valence-electron chi connectivity index (χ3n) is 2.97. The van der Waals surface area contributed by atoms with E-state index in [2.05, 4.69) is 15.5 Å². The first-order valence-corrected chi connectivity index (χ1v) is 6.13. The normalized spacial score (nSPS) is 12.6. The van der Waals surface area contributed by atoms with Crippen LogP contribution in [0.25, 0.3) is 0 Å². The smallest absolute Gasteiger partial charge is 0.129 e. The Bertz CT molecular complexity index is 493. The van der Waals surface area contributed by atoms with Crippen molar-refractivity contribution < 1.29 is 0 Å². The zero-order chi connectivity index (χ0) is 13.0. The Labute approximate surface area is 111 Å². The van der Waals surface area contributed by atoms with Crippen LogP contribution in [0.2, 0.25) is 5.15 Å². The SMILES string of the molecule is Cn1nccc1CCC(NN)c1ccc(Cl)nc1. The van der Waals surface area contributed by atoms with Crippen molar-refractivity contribution in [1.82, 2.24) is 20.2 Å². The number of hydrazine groups is 1. The van der Waals surface area contributed by atoms with E-state index in [1.54, 1.807) is 18.5 Å². The summed E-state index contributed by atoms with van der Waals surface area (Å²) >= 11 is 5.76. The number of rotatable bonds is 5. The first-order chi connectivity index (χ1) is 8.70. The molecule has 2 rings (SSSR count). The molecule has 0 aliphatic rings. The average molecular weight is 266 g/mol. The van der Waals surface area contributed by atoms with Crippen molar-refractivity contribution in [3.05, 3.63) is 47.0 Å². The Hall–Kier alpha value is -1.43. The molecule has 0 bridgehead atoms. The highest BCUT2D eigenvalue weighted by Gasteiger charge is 2.11. The first-order valence-electron chi connectivity index (χ1n) is 5.75. The molecule has 0 aliphatic heterocycles. The summed E-state index contributed by atoms with van der Waals surface area (Å²) in [5.74, 6) is 5.59. The van der Waals surface area contributed by atoms with Gasteiger partial charge in [0, 0.05) is 31.2 Å². The molecule has 1 unspecified atom stereocenters. The second-order valence-electron chi connectivity index (χ2n) is 4.12. The minimum atomic E-state index is 0.0599. The van der Waals surface area contributed by atoms with Gasteiger partial charge in [-0.15, -0.1) is 0 Å². The van der Waals surface area contributed by atoms with Crippen molar-refractivity contribution in [2.75, 3.05) is 0 Å². The van der Waals surface area contributed by atoms with E-state index < -0.39 is 0 Å². The van der Waals surface area contributed by atoms with E-state index >= 15 is 0 Å². The number of aromatic nitrogens is 3. The van der Waals surface area contributed by atoms with Gasteiger partial charge in [0.25, 0.3) is 0 Å². The van der Waals surface area contributed by atoms with Crippen LogP contribution in [0.15, 0.2) is 30.6 Å². The molecule has 0 saturated heterocycles. The summed E-state index contributed by atoms with van der Waals surface area (Å²) in [6.45, 7) is 0. The first kappa shape index (κ1) is 13.0. The van der Waals surface area contributed by atoms with Crippen molar-refractivity contribution in [3.63, 3.8) is 0 Å². The second kappa shape index (κ2) is 5.95. The Morgan fingerprint density at radius 3 is 2.83 bits per heavy atom.